The highest BCUT2D eigenvalue weighted by molar-refractivity contribution is 5.82. The summed E-state index contributed by atoms with van der Waals surface area (Å²) in [6.45, 7) is 9.43. The van der Waals surface area contributed by atoms with E-state index in [4.69, 9.17) is 9.47 Å². The van der Waals surface area contributed by atoms with E-state index in [9.17, 15) is 19.1 Å². The molecule has 1 aromatic carbocycles. The molecule has 234 valence electrons. The summed E-state index contributed by atoms with van der Waals surface area (Å²) < 4.78 is 28.2. The number of hydrogen-bond acceptors (Lipinski definition) is 7. The monoisotopic (exact) mass is 596 g/mol. The van der Waals surface area contributed by atoms with Crippen LogP contribution in [0.25, 0.3) is 17.0 Å². The first-order chi connectivity index (χ1) is 20.6. The van der Waals surface area contributed by atoms with Crippen LogP contribution in [-0.4, -0.2) is 88.3 Å². The molecule has 10 heteroatoms. The summed E-state index contributed by atoms with van der Waals surface area (Å²) in [7, 11) is 2.04. The number of benzene rings is 1. The quantitative estimate of drug-likeness (QED) is 0.382. The highest BCUT2D eigenvalue weighted by Gasteiger charge is 2.29. The lowest BCUT2D eigenvalue weighted by molar-refractivity contribution is -0.151. The summed E-state index contributed by atoms with van der Waals surface area (Å²) in [5, 5.41) is 15.2. The Kier molecular flexibility index (Phi) is 9.86. The van der Waals surface area contributed by atoms with Crippen LogP contribution in [0.4, 0.5) is 9.18 Å². The van der Waals surface area contributed by atoms with Crippen LogP contribution in [0, 0.1) is 23.7 Å². The smallest absolute Gasteiger partial charge is 0.410 e. The zero-order valence-corrected chi connectivity index (χ0v) is 25.7. The van der Waals surface area contributed by atoms with Crippen LogP contribution in [0.1, 0.15) is 58.4 Å². The first kappa shape index (κ1) is 31.2. The molecular weight excluding hydrogens is 551 g/mol. The van der Waals surface area contributed by atoms with Crippen molar-refractivity contribution in [1.29, 1.82) is 0 Å². The number of nitrogens with zero attached hydrogens (tertiary/aromatic N) is 4. The van der Waals surface area contributed by atoms with Crippen molar-refractivity contribution in [2.24, 2.45) is 17.8 Å². The number of rotatable bonds is 5. The standard InChI is InChI=1S/C33H45FN4O5/c1-21-5-10-26(39)19-30(40)43-31(22(2)6-12-29(21)42-33(41)37-15-13-36(4)14-16-37)23(3)17-25-9-11-27-28(18-25)38(35-32(27)34)20-24-7-8-24/h6,9,11-12,17-18,21-22,24,26,29,31,39H,5,7-8,10,13-16,19-20H2,1-4H3/b12-6+,23-17+/t21-,22-,26+,29-,31-/m0/s1. The molecule has 1 N–H and O–H groups in total. The molecule has 0 spiro atoms. The first-order valence-corrected chi connectivity index (χ1v) is 15.6. The number of hydrogen-bond donors (Lipinski definition) is 1. The number of carbonyl (C=O) groups is 2. The molecule has 5 atom stereocenters. The van der Waals surface area contributed by atoms with Gasteiger partial charge in [0, 0.05) is 38.6 Å². The fraction of sp³-hybridized carbons (Fsp3) is 0.606. The summed E-state index contributed by atoms with van der Waals surface area (Å²) in [5.74, 6) is -0.667. The van der Waals surface area contributed by atoms with Crippen LogP contribution in [0.2, 0.25) is 0 Å². The number of piperazine rings is 1. The van der Waals surface area contributed by atoms with Crippen molar-refractivity contribution in [3.63, 3.8) is 0 Å². The van der Waals surface area contributed by atoms with Crippen LogP contribution >= 0.6 is 0 Å². The minimum atomic E-state index is -0.850. The van der Waals surface area contributed by atoms with Gasteiger partial charge in [-0.1, -0.05) is 32.1 Å². The van der Waals surface area contributed by atoms with Crippen LogP contribution in [0.3, 0.4) is 0 Å². The molecule has 2 aliphatic heterocycles. The second-order valence-electron chi connectivity index (χ2n) is 12.8. The molecule has 5 rings (SSSR count). The van der Waals surface area contributed by atoms with Crippen molar-refractivity contribution < 1.29 is 28.6 Å². The average molecular weight is 597 g/mol. The van der Waals surface area contributed by atoms with E-state index < -0.39 is 30.2 Å². The van der Waals surface area contributed by atoms with Gasteiger partial charge >= 0.3 is 12.1 Å². The molecule has 0 bridgehead atoms. The third-order valence-electron chi connectivity index (χ3n) is 8.96. The van der Waals surface area contributed by atoms with E-state index >= 15 is 0 Å². The highest BCUT2D eigenvalue weighted by Crippen LogP contribution is 2.32. The topological polar surface area (TPSA) is 97.1 Å². The van der Waals surface area contributed by atoms with E-state index in [-0.39, 0.29) is 24.3 Å². The van der Waals surface area contributed by atoms with Crippen LogP contribution in [0.5, 0.6) is 0 Å². The molecule has 1 saturated carbocycles. The number of esters is 1. The fourth-order valence-electron chi connectivity index (χ4n) is 5.90. The SMILES string of the molecule is C/C(=C\c1ccc2c(F)nn(CC3CC3)c2c1)[C@H]1OC(=O)C[C@H](O)CC[C@H](C)[C@@H](OC(=O)N2CCN(C)CC2)/C=C/[C@@H]1C. The summed E-state index contributed by atoms with van der Waals surface area (Å²) >= 11 is 0. The van der Waals surface area contributed by atoms with Crippen molar-refractivity contribution in [3.8, 4) is 0 Å². The molecule has 2 aromatic rings. The molecule has 1 aromatic heterocycles. The molecule has 0 unspecified atom stereocenters. The predicted molar refractivity (Wildman–Crippen MR) is 163 cm³/mol. The summed E-state index contributed by atoms with van der Waals surface area (Å²) in [6.07, 6.45) is 6.70. The number of ether oxygens (including phenoxy) is 2. The minimum Gasteiger partial charge on any atom is -0.457 e. The number of halogens is 1. The molecule has 1 saturated heterocycles. The number of aliphatic hydroxyl groups is 1. The Hall–Kier alpha value is -3.24. The number of amides is 1. The maximum absolute atomic E-state index is 14.5. The van der Waals surface area contributed by atoms with Crippen LogP contribution in [0.15, 0.2) is 35.9 Å². The largest absolute Gasteiger partial charge is 0.457 e. The Morgan fingerprint density at radius 1 is 1.14 bits per heavy atom. The third-order valence-corrected chi connectivity index (χ3v) is 8.96. The van der Waals surface area contributed by atoms with Gasteiger partial charge in [-0.25, -0.2) is 4.79 Å². The van der Waals surface area contributed by atoms with Gasteiger partial charge in [-0.2, -0.15) is 4.39 Å². The minimum absolute atomic E-state index is 0.0485. The van der Waals surface area contributed by atoms with Gasteiger partial charge in [0.15, 0.2) is 0 Å². The van der Waals surface area contributed by atoms with E-state index in [2.05, 4.69) is 10.00 Å². The molecule has 1 amide bonds. The maximum atomic E-state index is 14.5. The number of fused-ring (bicyclic) bond motifs is 1. The number of cyclic esters (lactones) is 1. The van der Waals surface area contributed by atoms with Crippen LogP contribution < -0.4 is 0 Å². The first-order valence-electron chi connectivity index (χ1n) is 15.6. The number of likely N-dealkylation sites (N-methyl/N-ethyl adjacent to an activating group) is 1. The van der Waals surface area contributed by atoms with Crippen molar-refractivity contribution in [1.82, 2.24) is 19.6 Å². The Morgan fingerprint density at radius 3 is 2.60 bits per heavy atom. The van der Waals surface area contributed by atoms with Crippen molar-refractivity contribution in [3.05, 3.63) is 47.4 Å². The average Bonchev–Trinajstić information content (AvgIpc) is 3.74. The zero-order valence-electron chi connectivity index (χ0n) is 25.7. The van der Waals surface area contributed by atoms with Gasteiger partial charge in [0.25, 0.3) is 0 Å². The van der Waals surface area contributed by atoms with Crippen LogP contribution in [-0.2, 0) is 20.8 Å². The van der Waals surface area contributed by atoms with Gasteiger partial charge in [-0.3, -0.25) is 9.48 Å². The van der Waals surface area contributed by atoms with Gasteiger partial charge in [0.1, 0.15) is 12.2 Å². The van der Waals surface area contributed by atoms with E-state index in [0.717, 1.165) is 42.6 Å². The molecule has 43 heavy (non-hydrogen) atoms. The maximum Gasteiger partial charge on any atom is 0.410 e. The molecule has 0 radical (unpaired) electrons. The summed E-state index contributed by atoms with van der Waals surface area (Å²) in [4.78, 5) is 29.8. The Labute approximate surface area is 253 Å². The second-order valence-corrected chi connectivity index (χ2v) is 12.8. The molecule has 3 aliphatic rings. The molecule has 1 aliphatic carbocycles. The predicted octanol–water partition coefficient (Wildman–Crippen LogP) is 5.03. The zero-order chi connectivity index (χ0) is 30.7. The lowest BCUT2D eigenvalue weighted by Crippen LogP contribution is -2.48. The number of aromatic nitrogens is 2. The molecular formula is C33H45FN4O5. The van der Waals surface area contributed by atoms with Crippen molar-refractivity contribution >= 4 is 29.0 Å². The van der Waals surface area contributed by atoms with Gasteiger partial charge in [0.2, 0.25) is 5.95 Å². The highest BCUT2D eigenvalue weighted by atomic mass is 19.1. The third kappa shape index (κ3) is 8.03. The van der Waals surface area contributed by atoms with E-state index in [1.165, 1.54) is 0 Å². The normalized spacial score (nSPS) is 29.1. The molecule has 3 heterocycles. The molecule has 9 nitrogen and oxygen atoms in total. The van der Waals surface area contributed by atoms with E-state index in [1.54, 1.807) is 15.6 Å². The number of carbonyl (C=O) groups excluding carboxylic acids is 2. The molecule has 2 fully saturated rings. The van der Waals surface area contributed by atoms with E-state index in [0.29, 0.717) is 43.8 Å². The van der Waals surface area contributed by atoms with Gasteiger partial charge < -0.3 is 24.4 Å². The Bertz CT molecular complexity index is 1360. The van der Waals surface area contributed by atoms with Gasteiger partial charge in [-0.15, -0.1) is 5.10 Å². The Morgan fingerprint density at radius 2 is 1.88 bits per heavy atom. The summed E-state index contributed by atoms with van der Waals surface area (Å²) in [6, 6.07) is 5.51. The fourth-order valence-corrected chi connectivity index (χ4v) is 5.90. The Balaban J connectivity index is 1.38. The summed E-state index contributed by atoms with van der Waals surface area (Å²) in [5.41, 5.74) is 2.41. The van der Waals surface area contributed by atoms with E-state index in [1.807, 2.05) is 58.2 Å². The lowest BCUT2D eigenvalue weighted by atomic mass is 9.91. The van der Waals surface area contributed by atoms with Crippen molar-refractivity contribution in [2.75, 3.05) is 33.2 Å². The second kappa shape index (κ2) is 13.6. The number of aliphatic hydroxyl groups excluding tert-OH is 1. The lowest BCUT2D eigenvalue weighted by Gasteiger charge is -2.33. The van der Waals surface area contributed by atoms with Crippen molar-refractivity contribution in [2.45, 2.75) is 77.7 Å². The van der Waals surface area contributed by atoms with Gasteiger partial charge in [-0.05, 0) is 80.8 Å². The van der Waals surface area contributed by atoms with Gasteiger partial charge in [0.05, 0.1) is 23.4 Å².